The van der Waals surface area contributed by atoms with Crippen LogP contribution in [0.3, 0.4) is 0 Å². The van der Waals surface area contributed by atoms with Crippen molar-refractivity contribution in [3.8, 4) is 0 Å². The van der Waals surface area contributed by atoms with Crippen LogP contribution in [-0.2, 0) is 0 Å². The van der Waals surface area contributed by atoms with Gasteiger partial charge < -0.3 is 20.0 Å². The van der Waals surface area contributed by atoms with E-state index in [1.165, 1.54) is 5.69 Å². The maximum absolute atomic E-state index is 4.44. The summed E-state index contributed by atoms with van der Waals surface area (Å²) in [6.07, 6.45) is 3.58. The molecule has 0 amide bonds. The molecule has 26 heavy (non-hydrogen) atoms. The third-order valence-electron chi connectivity index (χ3n) is 4.55. The van der Waals surface area contributed by atoms with E-state index in [-0.39, 0.29) is 0 Å². The molecule has 2 heterocycles. The third kappa shape index (κ3) is 4.62. The largest absolute Gasteiger partial charge is 0.373 e. The zero-order chi connectivity index (χ0) is 18.2. The maximum Gasteiger partial charge on any atom is 0.225 e. The summed E-state index contributed by atoms with van der Waals surface area (Å²) in [5.74, 6) is 1.76. The van der Waals surface area contributed by atoms with Crippen LogP contribution in [0.15, 0.2) is 53.8 Å². The van der Waals surface area contributed by atoms with Crippen LogP contribution < -0.4 is 15.1 Å². The predicted octanol–water partition coefficient (Wildman–Crippen LogP) is 1.31. The summed E-state index contributed by atoms with van der Waals surface area (Å²) in [6, 6.07) is 12.3. The van der Waals surface area contributed by atoms with E-state index in [9.17, 15) is 0 Å². The lowest BCUT2D eigenvalue weighted by Gasteiger charge is -2.36. The summed E-state index contributed by atoms with van der Waals surface area (Å²) in [7, 11) is 3.95. The number of rotatable bonds is 5. The topological polar surface area (TPSA) is 59.9 Å². The van der Waals surface area contributed by atoms with Crippen molar-refractivity contribution in [2.75, 3.05) is 63.2 Å². The van der Waals surface area contributed by atoms with E-state index >= 15 is 0 Å². The van der Waals surface area contributed by atoms with Crippen LogP contribution in [0.25, 0.3) is 0 Å². The number of nitrogens with one attached hydrogen (secondary N) is 1. The van der Waals surface area contributed by atoms with Crippen molar-refractivity contribution in [1.29, 1.82) is 0 Å². The number of para-hydroxylation sites is 1. The van der Waals surface area contributed by atoms with Crippen molar-refractivity contribution in [3.05, 3.63) is 48.8 Å². The van der Waals surface area contributed by atoms with E-state index in [4.69, 9.17) is 0 Å². The molecule has 0 spiro atoms. The van der Waals surface area contributed by atoms with Crippen LogP contribution in [0.4, 0.5) is 11.6 Å². The summed E-state index contributed by atoms with van der Waals surface area (Å²) in [6.45, 7) is 5.38. The molecule has 1 saturated heterocycles. The number of anilines is 2. The van der Waals surface area contributed by atoms with E-state index < -0.39 is 0 Å². The van der Waals surface area contributed by atoms with Gasteiger partial charge in [0.25, 0.3) is 0 Å². The number of aliphatic imine (C=N–C) groups is 1. The molecule has 3 rings (SSSR count). The number of benzene rings is 1. The molecule has 0 saturated carbocycles. The lowest BCUT2D eigenvalue weighted by atomic mass is 10.3. The molecule has 1 aromatic heterocycles. The smallest absolute Gasteiger partial charge is 0.225 e. The number of piperazine rings is 1. The number of likely N-dealkylation sites (N-methyl/N-ethyl adjacent to an activating group) is 1. The van der Waals surface area contributed by atoms with Crippen LogP contribution in [0.5, 0.6) is 0 Å². The van der Waals surface area contributed by atoms with Gasteiger partial charge in [-0.25, -0.2) is 9.97 Å². The van der Waals surface area contributed by atoms with Gasteiger partial charge in [0.2, 0.25) is 5.95 Å². The molecule has 1 fully saturated rings. The fourth-order valence-corrected chi connectivity index (χ4v) is 3.05. The molecule has 7 heteroatoms. The van der Waals surface area contributed by atoms with Crippen molar-refractivity contribution in [2.45, 2.75) is 0 Å². The van der Waals surface area contributed by atoms with Gasteiger partial charge in [-0.1, -0.05) is 18.2 Å². The van der Waals surface area contributed by atoms with E-state index in [2.05, 4.69) is 66.3 Å². The fraction of sp³-hybridized carbons (Fsp3) is 0.421. The van der Waals surface area contributed by atoms with Gasteiger partial charge in [0, 0.05) is 71.4 Å². The average molecular weight is 353 g/mol. The summed E-state index contributed by atoms with van der Waals surface area (Å²) in [5, 5.41) is 3.48. The summed E-state index contributed by atoms with van der Waals surface area (Å²) < 4.78 is 0. The Hall–Kier alpha value is -2.83. The lowest BCUT2D eigenvalue weighted by molar-refractivity contribution is 0.370. The first kappa shape index (κ1) is 18.0. The minimum absolute atomic E-state index is 0.805. The zero-order valence-electron chi connectivity index (χ0n) is 15.5. The second-order valence-electron chi connectivity index (χ2n) is 6.25. The molecule has 138 valence electrons. The molecule has 1 aromatic carbocycles. The number of aromatic nitrogens is 2. The highest BCUT2D eigenvalue weighted by Gasteiger charge is 2.20. The third-order valence-corrected chi connectivity index (χ3v) is 4.55. The van der Waals surface area contributed by atoms with Crippen LogP contribution in [0.1, 0.15) is 0 Å². The minimum Gasteiger partial charge on any atom is -0.373 e. The van der Waals surface area contributed by atoms with Gasteiger partial charge in [-0.3, -0.25) is 4.99 Å². The minimum atomic E-state index is 0.805. The van der Waals surface area contributed by atoms with Crippen molar-refractivity contribution in [2.24, 2.45) is 4.99 Å². The maximum atomic E-state index is 4.44. The molecular formula is C19H27N7. The molecule has 1 aliphatic rings. The van der Waals surface area contributed by atoms with Crippen molar-refractivity contribution < 1.29 is 0 Å². The molecule has 1 N–H and O–H groups in total. The Morgan fingerprint density at radius 1 is 1.08 bits per heavy atom. The highest BCUT2D eigenvalue weighted by Crippen LogP contribution is 2.11. The lowest BCUT2D eigenvalue weighted by Crippen LogP contribution is -2.53. The summed E-state index contributed by atoms with van der Waals surface area (Å²) >= 11 is 0. The van der Waals surface area contributed by atoms with E-state index in [0.29, 0.717) is 0 Å². The summed E-state index contributed by atoms with van der Waals surface area (Å²) in [4.78, 5) is 19.9. The van der Waals surface area contributed by atoms with Gasteiger partial charge in [0.15, 0.2) is 5.96 Å². The molecule has 0 atom stereocenters. The molecular weight excluding hydrogens is 326 g/mol. The van der Waals surface area contributed by atoms with Crippen molar-refractivity contribution in [3.63, 3.8) is 0 Å². The first-order chi connectivity index (χ1) is 12.8. The Morgan fingerprint density at radius 3 is 2.42 bits per heavy atom. The molecule has 0 aliphatic carbocycles. The van der Waals surface area contributed by atoms with Crippen molar-refractivity contribution >= 4 is 17.6 Å². The van der Waals surface area contributed by atoms with Gasteiger partial charge >= 0.3 is 0 Å². The zero-order valence-corrected chi connectivity index (χ0v) is 15.5. The Kier molecular flexibility index (Phi) is 6.24. The van der Waals surface area contributed by atoms with Gasteiger partial charge in [-0.2, -0.15) is 0 Å². The van der Waals surface area contributed by atoms with Crippen LogP contribution in [-0.4, -0.2) is 74.2 Å². The number of guanidine groups is 1. The van der Waals surface area contributed by atoms with Gasteiger partial charge in [-0.05, 0) is 18.2 Å². The Labute approximate surface area is 155 Å². The van der Waals surface area contributed by atoms with Crippen molar-refractivity contribution in [1.82, 2.24) is 20.2 Å². The van der Waals surface area contributed by atoms with Gasteiger partial charge in [-0.15, -0.1) is 0 Å². The molecule has 0 bridgehead atoms. The molecule has 0 unspecified atom stereocenters. The molecule has 0 radical (unpaired) electrons. The average Bonchev–Trinajstić information content (AvgIpc) is 2.72. The highest BCUT2D eigenvalue weighted by molar-refractivity contribution is 5.80. The Bertz CT molecular complexity index is 682. The first-order valence-corrected chi connectivity index (χ1v) is 9.01. The predicted molar refractivity (Wildman–Crippen MR) is 107 cm³/mol. The van der Waals surface area contributed by atoms with E-state index in [1.807, 2.05) is 19.2 Å². The fourth-order valence-electron chi connectivity index (χ4n) is 3.05. The standard InChI is InChI=1S/C19H27N7/c1-20-18(23-11-12-24(2)17-7-4-3-5-8-17)25-13-15-26(16-14-25)19-21-9-6-10-22-19/h3-10H,11-16H2,1-2H3,(H,20,23). The van der Waals surface area contributed by atoms with Crippen LogP contribution in [0, 0.1) is 0 Å². The van der Waals surface area contributed by atoms with Crippen LogP contribution in [0.2, 0.25) is 0 Å². The Morgan fingerprint density at radius 2 is 1.77 bits per heavy atom. The highest BCUT2D eigenvalue weighted by atomic mass is 15.4. The van der Waals surface area contributed by atoms with E-state index in [0.717, 1.165) is 51.2 Å². The first-order valence-electron chi connectivity index (χ1n) is 9.01. The van der Waals surface area contributed by atoms with Gasteiger partial charge in [0.1, 0.15) is 0 Å². The SMILES string of the molecule is CN=C(NCCN(C)c1ccccc1)N1CCN(c2ncccn2)CC1. The number of hydrogen-bond acceptors (Lipinski definition) is 5. The second-order valence-corrected chi connectivity index (χ2v) is 6.25. The number of nitrogens with zero attached hydrogens (tertiary/aromatic N) is 6. The molecule has 1 aliphatic heterocycles. The monoisotopic (exact) mass is 353 g/mol. The number of hydrogen-bond donors (Lipinski definition) is 1. The summed E-state index contributed by atoms with van der Waals surface area (Å²) in [5.41, 5.74) is 1.22. The van der Waals surface area contributed by atoms with E-state index in [1.54, 1.807) is 12.4 Å². The second kappa shape index (κ2) is 9.03. The quantitative estimate of drug-likeness (QED) is 0.646. The normalized spacial score (nSPS) is 15.1. The van der Waals surface area contributed by atoms with Crippen LogP contribution >= 0.6 is 0 Å². The molecule has 2 aromatic rings. The molecule has 7 nitrogen and oxygen atoms in total. The Balaban J connectivity index is 1.45. The van der Waals surface area contributed by atoms with Gasteiger partial charge in [0.05, 0.1) is 0 Å².